The summed E-state index contributed by atoms with van der Waals surface area (Å²) in [5.74, 6) is 1.18. The van der Waals surface area contributed by atoms with Gasteiger partial charge in [-0.2, -0.15) is 0 Å². The van der Waals surface area contributed by atoms with E-state index in [9.17, 15) is 9.90 Å². The molecule has 1 aromatic rings. The lowest BCUT2D eigenvalue weighted by Gasteiger charge is -2.32. The Hall–Kier alpha value is -1.44. The zero-order valence-electron chi connectivity index (χ0n) is 50.7. The monoisotopic (exact) mass is 1040 g/mol. The fourth-order valence-electron chi connectivity index (χ4n) is 11.5. The number of aliphatic hydroxyl groups excluding tert-OH is 1. The molecule has 0 aliphatic carbocycles. The Morgan fingerprint density at radius 2 is 0.811 bits per heavy atom. The van der Waals surface area contributed by atoms with Crippen molar-refractivity contribution in [2.75, 3.05) is 26.3 Å². The summed E-state index contributed by atoms with van der Waals surface area (Å²) in [6, 6.07) is 0.664. The number of rotatable bonds is 61. The van der Waals surface area contributed by atoms with Gasteiger partial charge >= 0.3 is 5.97 Å². The van der Waals surface area contributed by atoms with Crippen LogP contribution in [0.15, 0.2) is 18.7 Å². The van der Waals surface area contributed by atoms with Crippen molar-refractivity contribution in [1.82, 2.24) is 14.5 Å². The summed E-state index contributed by atoms with van der Waals surface area (Å²) < 4.78 is 14.3. The highest BCUT2D eigenvalue weighted by Gasteiger charge is 2.19. The molecule has 74 heavy (non-hydrogen) atoms. The minimum atomic E-state index is -0.602. The molecule has 1 heterocycles. The lowest BCUT2D eigenvalue weighted by molar-refractivity contribution is -0.145. The molecule has 0 aliphatic rings. The van der Waals surface area contributed by atoms with E-state index in [1.165, 1.54) is 296 Å². The Morgan fingerprint density at radius 3 is 1.26 bits per heavy atom. The molecule has 0 radical (unpaired) electrons. The molecular formula is C67H131N3O4. The van der Waals surface area contributed by atoms with Crippen LogP contribution in [0, 0.1) is 11.8 Å². The molecule has 0 bridgehead atoms. The number of carbonyl (C=O) groups excluding carboxylic acids is 1. The van der Waals surface area contributed by atoms with Crippen LogP contribution in [0.1, 0.15) is 349 Å². The zero-order chi connectivity index (χ0) is 53.5. The topological polar surface area (TPSA) is 76.8 Å². The Balaban J connectivity index is 2.62. The van der Waals surface area contributed by atoms with E-state index in [1.54, 1.807) is 0 Å². The summed E-state index contributed by atoms with van der Waals surface area (Å²) in [6.07, 6.45) is 67.7. The molecule has 0 saturated carbocycles. The number of imidazole rings is 1. The predicted molar refractivity (Wildman–Crippen MR) is 322 cm³/mol. The first kappa shape index (κ1) is 70.6. The van der Waals surface area contributed by atoms with Crippen molar-refractivity contribution in [3.63, 3.8) is 0 Å². The molecule has 0 aromatic carbocycles. The van der Waals surface area contributed by atoms with Crippen LogP contribution in [-0.2, 0) is 20.8 Å². The SMILES string of the molecule is CCCCCCCCCCN(CCCn1ccnc1)C(CCCCCCCCC(=O)OCC(CCCCCC)CCCCCCCC)CCCCCCCC[C@@H](O)OCC(CCCCCC)CCCCCCCC. The largest absolute Gasteiger partial charge is 0.465 e. The predicted octanol–water partition coefficient (Wildman–Crippen LogP) is 20.9. The molecule has 3 unspecified atom stereocenters. The summed E-state index contributed by atoms with van der Waals surface area (Å²) in [5, 5.41) is 10.8. The smallest absolute Gasteiger partial charge is 0.305 e. The number of esters is 1. The summed E-state index contributed by atoms with van der Waals surface area (Å²) >= 11 is 0. The van der Waals surface area contributed by atoms with Crippen molar-refractivity contribution in [2.24, 2.45) is 11.8 Å². The second-order valence-corrected chi connectivity index (χ2v) is 23.7. The number of carbonyl (C=O) groups is 1. The van der Waals surface area contributed by atoms with Crippen molar-refractivity contribution in [1.29, 1.82) is 0 Å². The van der Waals surface area contributed by atoms with Crippen LogP contribution in [-0.4, -0.2) is 64.2 Å². The third kappa shape index (κ3) is 46.6. The molecule has 0 amide bonds. The molecule has 1 aromatic heterocycles. The van der Waals surface area contributed by atoms with Crippen molar-refractivity contribution < 1.29 is 19.4 Å². The first-order valence-electron chi connectivity index (χ1n) is 33.6. The van der Waals surface area contributed by atoms with Gasteiger partial charge in [0.1, 0.15) is 0 Å². The van der Waals surface area contributed by atoms with Crippen molar-refractivity contribution in [3.8, 4) is 0 Å². The maximum Gasteiger partial charge on any atom is 0.305 e. The maximum absolute atomic E-state index is 12.8. The van der Waals surface area contributed by atoms with Gasteiger partial charge in [-0.15, -0.1) is 0 Å². The van der Waals surface area contributed by atoms with E-state index in [1.807, 2.05) is 12.5 Å². The van der Waals surface area contributed by atoms with Crippen molar-refractivity contribution in [3.05, 3.63) is 18.7 Å². The molecule has 0 spiro atoms. The van der Waals surface area contributed by atoms with Gasteiger partial charge in [0, 0.05) is 37.9 Å². The van der Waals surface area contributed by atoms with Gasteiger partial charge in [-0.05, 0) is 89.0 Å². The summed E-state index contributed by atoms with van der Waals surface area (Å²) in [4.78, 5) is 20.1. The third-order valence-corrected chi connectivity index (χ3v) is 16.5. The van der Waals surface area contributed by atoms with Gasteiger partial charge in [-0.1, -0.05) is 272 Å². The second kappa shape index (κ2) is 56.3. The van der Waals surface area contributed by atoms with Gasteiger partial charge in [0.25, 0.3) is 0 Å². The van der Waals surface area contributed by atoms with Crippen LogP contribution in [0.5, 0.6) is 0 Å². The fraction of sp³-hybridized carbons (Fsp3) is 0.940. The highest BCUT2D eigenvalue weighted by molar-refractivity contribution is 5.69. The normalized spacial score (nSPS) is 13.5. The van der Waals surface area contributed by atoms with Crippen LogP contribution in [0.25, 0.3) is 0 Å². The molecule has 7 heteroatoms. The Labute approximate surface area is 462 Å². The highest BCUT2D eigenvalue weighted by Crippen LogP contribution is 2.24. The first-order chi connectivity index (χ1) is 36.5. The van der Waals surface area contributed by atoms with Gasteiger partial charge in [0.05, 0.1) is 19.5 Å². The Kier molecular flexibility index (Phi) is 53.7. The van der Waals surface area contributed by atoms with Crippen LogP contribution in [0.2, 0.25) is 0 Å². The van der Waals surface area contributed by atoms with E-state index in [0.29, 0.717) is 30.9 Å². The van der Waals surface area contributed by atoms with Crippen LogP contribution < -0.4 is 0 Å². The van der Waals surface area contributed by atoms with Gasteiger partial charge in [-0.25, -0.2) is 4.98 Å². The Bertz CT molecular complexity index is 1230. The molecule has 0 saturated heterocycles. The zero-order valence-corrected chi connectivity index (χ0v) is 50.7. The number of aliphatic hydroxyl groups is 1. The van der Waals surface area contributed by atoms with E-state index < -0.39 is 6.29 Å². The standard InChI is InChI=1S/C67H131N3O4/c1-6-11-16-21-24-29-36-45-57-70(58-46-56-69-59-55-68-62-69)65(51-41-32-25-27-34-43-53-66(71)73-60-63(47-37-19-14-9-4)49-39-30-22-17-12-7-2)52-42-33-26-28-35-44-54-67(72)74-61-64(48-38-20-15-10-5)50-40-31-23-18-13-8-3/h55,59,62-66,71H,6-54,56-58,60-61H2,1-5H3/t63?,64?,65?,66-/m0/s1. The number of nitrogens with zero attached hydrogens (tertiary/aromatic N) is 3. The number of hydrogen-bond acceptors (Lipinski definition) is 6. The molecule has 1 N–H and O–H groups in total. The van der Waals surface area contributed by atoms with Crippen LogP contribution >= 0.6 is 0 Å². The van der Waals surface area contributed by atoms with Crippen LogP contribution in [0.4, 0.5) is 0 Å². The number of ether oxygens (including phenoxy) is 2. The maximum atomic E-state index is 12.8. The van der Waals surface area contributed by atoms with E-state index in [0.717, 1.165) is 38.8 Å². The fourth-order valence-corrected chi connectivity index (χ4v) is 11.5. The number of unbranched alkanes of at least 4 members (excludes halogenated alkanes) is 33. The molecule has 0 fully saturated rings. The Morgan fingerprint density at radius 1 is 0.446 bits per heavy atom. The van der Waals surface area contributed by atoms with E-state index >= 15 is 0 Å². The quantitative estimate of drug-likeness (QED) is 0.0398. The molecule has 7 nitrogen and oxygen atoms in total. The highest BCUT2D eigenvalue weighted by atomic mass is 16.6. The van der Waals surface area contributed by atoms with E-state index in [-0.39, 0.29) is 5.97 Å². The minimum Gasteiger partial charge on any atom is -0.465 e. The summed E-state index contributed by atoms with van der Waals surface area (Å²) in [7, 11) is 0. The van der Waals surface area contributed by atoms with Gasteiger partial charge < -0.3 is 24.0 Å². The van der Waals surface area contributed by atoms with Crippen LogP contribution in [0.3, 0.4) is 0 Å². The van der Waals surface area contributed by atoms with Gasteiger partial charge in [-0.3, -0.25) is 4.79 Å². The lowest BCUT2D eigenvalue weighted by atomic mass is 9.95. The summed E-state index contributed by atoms with van der Waals surface area (Å²) in [6.45, 7) is 16.3. The molecule has 1 rings (SSSR count). The van der Waals surface area contributed by atoms with Gasteiger partial charge in [0.2, 0.25) is 0 Å². The molecular weight excluding hydrogens is 911 g/mol. The minimum absolute atomic E-state index is 0.0355. The molecule has 0 aliphatic heterocycles. The first-order valence-corrected chi connectivity index (χ1v) is 33.6. The van der Waals surface area contributed by atoms with E-state index in [2.05, 4.69) is 55.3 Å². The number of hydrogen-bond donors (Lipinski definition) is 1. The van der Waals surface area contributed by atoms with E-state index in [4.69, 9.17) is 9.47 Å². The molecule has 4 atom stereocenters. The number of aryl methyl sites for hydroxylation is 1. The average molecular weight is 1040 g/mol. The van der Waals surface area contributed by atoms with Gasteiger partial charge in [0.15, 0.2) is 6.29 Å². The average Bonchev–Trinajstić information content (AvgIpc) is 3.93. The third-order valence-electron chi connectivity index (χ3n) is 16.5. The summed E-state index contributed by atoms with van der Waals surface area (Å²) in [5.41, 5.74) is 0. The van der Waals surface area contributed by atoms with Crippen molar-refractivity contribution in [2.45, 2.75) is 368 Å². The lowest BCUT2D eigenvalue weighted by Crippen LogP contribution is -2.37. The second-order valence-electron chi connectivity index (χ2n) is 23.7. The van der Waals surface area contributed by atoms with Crippen molar-refractivity contribution >= 4 is 5.97 Å². The number of aromatic nitrogens is 2. The molecule has 438 valence electrons.